The summed E-state index contributed by atoms with van der Waals surface area (Å²) >= 11 is 0. The minimum Gasteiger partial charge on any atom is -0.353 e. The van der Waals surface area contributed by atoms with Crippen LogP contribution in [-0.2, 0) is 14.8 Å². The molecule has 25 heavy (non-hydrogen) atoms. The van der Waals surface area contributed by atoms with E-state index in [9.17, 15) is 13.2 Å². The fourth-order valence-electron chi connectivity index (χ4n) is 2.87. The fraction of sp³-hybridized carbons (Fsp3) is 0.611. The molecule has 1 aromatic carbocycles. The average Bonchev–Trinajstić information content (AvgIpc) is 2.54. The Morgan fingerprint density at radius 1 is 1.04 bits per heavy atom. The van der Waals surface area contributed by atoms with E-state index < -0.39 is 10.0 Å². The maximum atomic E-state index is 12.8. The molecule has 140 valence electrons. The van der Waals surface area contributed by atoms with Crippen molar-refractivity contribution in [2.45, 2.75) is 44.6 Å². The fourth-order valence-corrected chi connectivity index (χ4v) is 4.29. The SMILES string of the molecule is CC(C)NC(=O)CN1CCN(S(=O)(=O)c2ccc(C(C)C)cc2)CC1. The lowest BCUT2D eigenvalue weighted by Crippen LogP contribution is -2.51. The van der Waals surface area contributed by atoms with Crippen molar-refractivity contribution >= 4 is 15.9 Å². The van der Waals surface area contributed by atoms with Gasteiger partial charge < -0.3 is 5.32 Å². The summed E-state index contributed by atoms with van der Waals surface area (Å²) in [6.45, 7) is 10.3. The maximum Gasteiger partial charge on any atom is 0.243 e. The van der Waals surface area contributed by atoms with Gasteiger partial charge in [0.05, 0.1) is 11.4 Å². The Balaban J connectivity index is 1.95. The molecule has 1 N–H and O–H groups in total. The lowest BCUT2D eigenvalue weighted by Gasteiger charge is -2.33. The number of rotatable bonds is 6. The molecule has 1 saturated heterocycles. The molecule has 1 heterocycles. The molecule has 1 amide bonds. The number of hydrogen-bond donors (Lipinski definition) is 1. The first-order valence-corrected chi connectivity index (χ1v) is 10.3. The highest BCUT2D eigenvalue weighted by atomic mass is 32.2. The van der Waals surface area contributed by atoms with E-state index in [1.165, 1.54) is 4.31 Å². The van der Waals surface area contributed by atoms with Gasteiger partial charge in [0, 0.05) is 32.2 Å². The van der Waals surface area contributed by atoms with Gasteiger partial charge in [-0.15, -0.1) is 0 Å². The largest absolute Gasteiger partial charge is 0.353 e. The van der Waals surface area contributed by atoms with E-state index in [2.05, 4.69) is 19.2 Å². The van der Waals surface area contributed by atoms with Crippen LogP contribution in [0.2, 0.25) is 0 Å². The van der Waals surface area contributed by atoms with Crippen LogP contribution >= 0.6 is 0 Å². The predicted molar refractivity (Wildman–Crippen MR) is 99.0 cm³/mol. The van der Waals surface area contributed by atoms with Crippen molar-refractivity contribution in [2.75, 3.05) is 32.7 Å². The molecule has 0 unspecified atom stereocenters. The number of nitrogens with one attached hydrogen (secondary N) is 1. The molecule has 0 bridgehead atoms. The first-order chi connectivity index (χ1) is 11.7. The number of nitrogens with zero attached hydrogens (tertiary/aromatic N) is 2. The van der Waals surface area contributed by atoms with Gasteiger partial charge in [0.15, 0.2) is 0 Å². The number of piperazine rings is 1. The molecular weight excluding hydrogens is 338 g/mol. The molecule has 0 radical (unpaired) electrons. The van der Waals surface area contributed by atoms with Crippen molar-refractivity contribution in [1.29, 1.82) is 0 Å². The van der Waals surface area contributed by atoms with Crippen LogP contribution in [0.4, 0.5) is 0 Å². The summed E-state index contributed by atoms with van der Waals surface area (Å²) in [7, 11) is -3.47. The van der Waals surface area contributed by atoms with Crippen molar-refractivity contribution < 1.29 is 13.2 Å². The smallest absolute Gasteiger partial charge is 0.243 e. The number of carbonyl (C=O) groups excluding carboxylic acids is 1. The second kappa shape index (κ2) is 8.29. The Bertz CT molecular complexity index is 676. The Morgan fingerprint density at radius 3 is 2.08 bits per heavy atom. The van der Waals surface area contributed by atoms with Crippen LogP contribution in [0.25, 0.3) is 0 Å². The molecule has 1 fully saturated rings. The summed E-state index contributed by atoms with van der Waals surface area (Å²) in [5, 5.41) is 2.86. The Hall–Kier alpha value is -1.44. The standard InChI is InChI=1S/C18H29N3O3S/c1-14(2)16-5-7-17(8-6-16)25(23,24)21-11-9-20(10-12-21)13-18(22)19-15(3)4/h5-8,14-15H,9-13H2,1-4H3,(H,19,22). The topological polar surface area (TPSA) is 69.7 Å². The molecule has 1 aliphatic rings. The molecule has 2 rings (SSSR count). The molecule has 1 aliphatic heterocycles. The van der Waals surface area contributed by atoms with E-state index >= 15 is 0 Å². The molecule has 6 nitrogen and oxygen atoms in total. The molecule has 0 aromatic heterocycles. The van der Waals surface area contributed by atoms with Crippen LogP contribution in [0.1, 0.15) is 39.2 Å². The zero-order chi connectivity index (χ0) is 18.6. The Morgan fingerprint density at radius 2 is 1.60 bits per heavy atom. The highest BCUT2D eigenvalue weighted by molar-refractivity contribution is 7.89. The van der Waals surface area contributed by atoms with Crippen LogP contribution in [0.3, 0.4) is 0 Å². The van der Waals surface area contributed by atoms with Crippen molar-refractivity contribution in [1.82, 2.24) is 14.5 Å². The Kier molecular flexibility index (Phi) is 6.59. The quantitative estimate of drug-likeness (QED) is 0.830. The van der Waals surface area contributed by atoms with Gasteiger partial charge in [-0.1, -0.05) is 26.0 Å². The number of carbonyl (C=O) groups is 1. The van der Waals surface area contributed by atoms with E-state index in [-0.39, 0.29) is 11.9 Å². The van der Waals surface area contributed by atoms with Gasteiger partial charge in [-0.05, 0) is 37.5 Å². The lowest BCUT2D eigenvalue weighted by molar-refractivity contribution is -0.123. The van der Waals surface area contributed by atoms with Crippen LogP contribution in [-0.4, -0.2) is 62.3 Å². The predicted octanol–water partition coefficient (Wildman–Crippen LogP) is 1.64. The maximum absolute atomic E-state index is 12.8. The third-order valence-electron chi connectivity index (χ3n) is 4.33. The Labute approximate surface area is 151 Å². The van der Waals surface area contributed by atoms with Gasteiger partial charge in [-0.25, -0.2) is 8.42 Å². The summed E-state index contributed by atoms with van der Waals surface area (Å²) in [6.07, 6.45) is 0. The highest BCUT2D eigenvalue weighted by Crippen LogP contribution is 2.21. The van der Waals surface area contributed by atoms with Gasteiger partial charge >= 0.3 is 0 Å². The summed E-state index contributed by atoms with van der Waals surface area (Å²) in [4.78, 5) is 14.2. The van der Waals surface area contributed by atoms with Crippen LogP contribution in [0.5, 0.6) is 0 Å². The molecule has 0 saturated carbocycles. The number of hydrogen-bond acceptors (Lipinski definition) is 4. The molecule has 7 heteroatoms. The average molecular weight is 368 g/mol. The minimum atomic E-state index is -3.47. The van der Waals surface area contributed by atoms with Gasteiger partial charge in [0.2, 0.25) is 15.9 Å². The highest BCUT2D eigenvalue weighted by Gasteiger charge is 2.29. The number of benzene rings is 1. The van der Waals surface area contributed by atoms with Gasteiger partial charge in [-0.2, -0.15) is 4.31 Å². The first kappa shape index (κ1) is 19.9. The van der Waals surface area contributed by atoms with E-state index in [0.717, 1.165) is 5.56 Å². The van der Waals surface area contributed by atoms with E-state index in [1.54, 1.807) is 12.1 Å². The van der Waals surface area contributed by atoms with Crippen LogP contribution in [0, 0.1) is 0 Å². The third-order valence-corrected chi connectivity index (χ3v) is 6.25. The zero-order valence-corrected chi connectivity index (χ0v) is 16.3. The van der Waals surface area contributed by atoms with Gasteiger partial charge in [-0.3, -0.25) is 9.69 Å². The first-order valence-electron chi connectivity index (χ1n) is 8.82. The number of sulfonamides is 1. The van der Waals surface area contributed by atoms with Crippen molar-refractivity contribution in [3.63, 3.8) is 0 Å². The second-order valence-corrected chi connectivity index (χ2v) is 9.06. The second-order valence-electron chi connectivity index (χ2n) is 7.13. The summed E-state index contributed by atoms with van der Waals surface area (Å²) in [5.74, 6) is 0.355. The third kappa shape index (κ3) is 5.26. The van der Waals surface area contributed by atoms with Crippen LogP contribution in [0.15, 0.2) is 29.2 Å². The van der Waals surface area contributed by atoms with Crippen molar-refractivity contribution in [2.24, 2.45) is 0 Å². The van der Waals surface area contributed by atoms with Gasteiger partial charge in [0.25, 0.3) is 0 Å². The van der Waals surface area contributed by atoms with Gasteiger partial charge in [0.1, 0.15) is 0 Å². The normalized spacial score (nSPS) is 17.2. The lowest BCUT2D eigenvalue weighted by atomic mass is 10.0. The molecule has 1 aromatic rings. The minimum absolute atomic E-state index is 0.0180. The zero-order valence-electron chi connectivity index (χ0n) is 15.5. The van der Waals surface area contributed by atoms with E-state index in [0.29, 0.717) is 43.5 Å². The molecule has 0 aliphatic carbocycles. The molecule has 0 atom stereocenters. The summed E-state index contributed by atoms with van der Waals surface area (Å²) < 4.78 is 27.0. The monoisotopic (exact) mass is 367 g/mol. The van der Waals surface area contributed by atoms with E-state index in [4.69, 9.17) is 0 Å². The van der Waals surface area contributed by atoms with Crippen LogP contribution < -0.4 is 5.32 Å². The molecule has 0 spiro atoms. The van der Waals surface area contributed by atoms with Crippen molar-refractivity contribution in [3.8, 4) is 0 Å². The summed E-state index contributed by atoms with van der Waals surface area (Å²) in [6, 6.07) is 7.25. The van der Waals surface area contributed by atoms with Crippen molar-refractivity contribution in [3.05, 3.63) is 29.8 Å². The summed E-state index contributed by atoms with van der Waals surface area (Å²) in [5.41, 5.74) is 1.12. The molecular formula is C18H29N3O3S. The number of amides is 1. The van der Waals surface area contributed by atoms with E-state index in [1.807, 2.05) is 30.9 Å².